The minimum atomic E-state index is -3.52. The van der Waals surface area contributed by atoms with Gasteiger partial charge in [0.05, 0.1) is 48.5 Å². The van der Waals surface area contributed by atoms with Gasteiger partial charge >= 0.3 is 0 Å². The van der Waals surface area contributed by atoms with Crippen molar-refractivity contribution < 1.29 is 45.3 Å². The summed E-state index contributed by atoms with van der Waals surface area (Å²) in [6.45, 7) is 8.72. The number of hydrogen-bond acceptors (Lipinski definition) is 11. The number of alkyl halides is 2. The number of halogens is 3. The predicted molar refractivity (Wildman–Crippen MR) is 142 cm³/mol. The third kappa shape index (κ3) is 87.1. The van der Waals surface area contributed by atoms with E-state index in [1.54, 1.807) is 20.8 Å². The lowest BCUT2D eigenvalue weighted by molar-refractivity contribution is 0.102. The van der Waals surface area contributed by atoms with Crippen molar-refractivity contribution in [3.63, 3.8) is 0 Å². The van der Waals surface area contributed by atoms with Crippen LogP contribution in [0.3, 0.4) is 0 Å². The van der Waals surface area contributed by atoms with E-state index in [-0.39, 0.29) is 25.4 Å². The molecule has 218 valence electrons. The van der Waals surface area contributed by atoms with Crippen LogP contribution in [0, 0.1) is 0 Å². The first-order chi connectivity index (χ1) is 15.4. The van der Waals surface area contributed by atoms with Crippen LogP contribution in [-0.2, 0) is 37.7 Å². The van der Waals surface area contributed by atoms with Crippen LogP contribution in [0.1, 0.15) is 48.9 Å². The third-order valence-corrected chi connectivity index (χ3v) is 3.59. The summed E-state index contributed by atoms with van der Waals surface area (Å²) in [5.41, 5.74) is 7.52. The fourth-order valence-corrected chi connectivity index (χ4v) is 3.05. The Bertz CT molecular complexity index is 804. The van der Waals surface area contributed by atoms with Crippen molar-refractivity contribution >= 4 is 63.2 Å². The van der Waals surface area contributed by atoms with Gasteiger partial charge in [0.25, 0.3) is 20.2 Å². The molecule has 0 aliphatic heterocycles. The fraction of sp³-hybridized carbons (Fsp3) is 1.00. The normalized spacial score (nSPS) is 14.2. The van der Waals surface area contributed by atoms with Gasteiger partial charge in [0.2, 0.25) is 9.05 Å². The Morgan fingerprint density at radius 2 is 1.11 bits per heavy atom. The maximum absolute atomic E-state index is 10.7. The van der Waals surface area contributed by atoms with Crippen LogP contribution in [0.15, 0.2) is 5.11 Å². The van der Waals surface area contributed by atoms with Crippen LogP contribution < -0.4 is 0 Å². The van der Waals surface area contributed by atoms with E-state index >= 15 is 0 Å². The number of azide groups is 1. The molecule has 0 amide bonds. The zero-order valence-corrected chi connectivity index (χ0v) is 25.7. The third-order valence-electron chi connectivity index (χ3n) is 2.23. The van der Waals surface area contributed by atoms with Gasteiger partial charge in [0, 0.05) is 30.0 Å². The quantitative estimate of drug-likeness (QED) is 0.0939. The Hall–Kier alpha value is -0.130. The molecule has 0 bridgehead atoms. The monoisotopic (exact) mass is 636 g/mol. The highest BCUT2D eigenvalue weighted by Gasteiger charge is 2.17. The zero-order valence-electron chi connectivity index (χ0n) is 21.0. The average molecular weight is 638 g/mol. The van der Waals surface area contributed by atoms with Gasteiger partial charge in [-0.1, -0.05) is 12.0 Å². The molecule has 0 aliphatic carbocycles. The van der Waals surface area contributed by atoms with Gasteiger partial charge in [-0.25, -0.2) is 8.42 Å². The van der Waals surface area contributed by atoms with Crippen molar-refractivity contribution in [3.05, 3.63) is 10.4 Å². The lowest BCUT2D eigenvalue weighted by Crippen LogP contribution is -2.22. The first-order valence-corrected chi connectivity index (χ1v) is 17.0. The van der Waals surface area contributed by atoms with Crippen LogP contribution in [0.25, 0.3) is 10.4 Å². The topological polar surface area (TPSA) is 210 Å². The van der Waals surface area contributed by atoms with Gasteiger partial charge in [0.15, 0.2) is 0 Å². The first-order valence-electron chi connectivity index (χ1n) is 9.60. The molecule has 2 N–H and O–H groups in total. The van der Waals surface area contributed by atoms with Gasteiger partial charge in [0.1, 0.15) is 0 Å². The minimum Gasteiger partial charge on any atom is -0.393 e. The number of aliphatic hydroxyl groups excluding tert-OH is 2. The Morgan fingerprint density at radius 1 is 0.857 bits per heavy atom. The van der Waals surface area contributed by atoms with E-state index in [4.69, 9.17) is 38.9 Å². The number of aliphatic hydroxyl groups is 2. The molecule has 0 spiro atoms. The van der Waals surface area contributed by atoms with E-state index in [1.165, 1.54) is 13.8 Å². The zero-order chi connectivity index (χ0) is 29.5. The highest BCUT2D eigenvalue weighted by molar-refractivity contribution is 8.13. The molecule has 0 unspecified atom stereocenters. The van der Waals surface area contributed by atoms with Crippen LogP contribution in [0.2, 0.25) is 0 Å². The van der Waals surface area contributed by atoms with E-state index in [1.807, 2.05) is 0 Å². The summed E-state index contributed by atoms with van der Waals surface area (Å²) in [6, 6.07) is 0. The second kappa shape index (κ2) is 25.5. The van der Waals surface area contributed by atoms with Crippen LogP contribution in [0.5, 0.6) is 0 Å². The Balaban J connectivity index is -0.0000000894. The molecule has 35 heavy (non-hydrogen) atoms. The molecule has 0 fully saturated rings. The average Bonchev–Trinajstić information content (AvgIpc) is 2.50. The van der Waals surface area contributed by atoms with E-state index in [0.717, 1.165) is 18.8 Å². The molecule has 4 atom stereocenters. The van der Waals surface area contributed by atoms with Crippen LogP contribution in [-0.4, -0.2) is 90.5 Å². The molecule has 0 aromatic rings. The molecule has 0 aromatic heterocycles. The molecule has 0 aliphatic rings. The number of hydrogen-bond donors (Lipinski definition) is 2. The summed E-state index contributed by atoms with van der Waals surface area (Å²) in [4.78, 5) is 2.48. The molecule has 0 saturated heterocycles. The van der Waals surface area contributed by atoms with E-state index in [9.17, 15) is 25.3 Å². The van der Waals surface area contributed by atoms with E-state index < -0.39 is 41.5 Å². The predicted octanol–water partition coefficient (Wildman–Crippen LogP) is 3.41. The molecule has 0 aromatic carbocycles. The summed E-state index contributed by atoms with van der Waals surface area (Å²) >= 11 is 9.53. The van der Waals surface area contributed by atoms with Gasteiger partial charge < -0.3 is 10.2 Å². The second-order valence-electron chi connectivity index (χ2n) is 6.72. The molecule has 0 radical (unpaired) electrons. The van der Waals surface area contributed by atoms with Crippen molar-refractivity contribution in [2.24, 2.45) is 5.11 Å². The molecular weight excluding hydrogens is 597 g/mol. The van der Waals surface area contributed by atoms with Crippen molar-refractivity contribution in [2.45, 2.75) is 71.9 Å². The first kappa shape index (κ1) is 44.8. The van der Waals surface area contributed by atoms with E-state index in [2.05, 4.69) is 29.1 Å². The molecule has 0 heterocycles. The van der Waals surface area contributed by atoms with Gasteiger partial charge in [-0.05, 0) is 39.6 Å². The lowest BCUT2D eigenvalue weighted by Gasteiger charge is -2.15. The fourth-order valence-electron chi connectivity index (χ4n) is 1.70. The molecule has 13 nitrogen and oxygen atoms in total. The summed E-state index contributed by atoms with van der Waals surface area (Å²) < 4.78 is 70.9. The molecule has 0 rings (SSSR count). The molecular formula is C16H40Cl3N3O10S3. The highest BCUT2D eigenvalue weighted by atomic mass is 35.7. The van der Waals surface area contributed by atoms with Gasteiger partial charge in [-0.3, -0.25) is 8.37 Å². The van der Waals surface area contributed by atoms with Crippen LogP contribution in [0.4, 0.5) is 0 Å². The standard InChI is InChI=1S/C7H16O6S2.C5H12O2.C2H5N3.CH2Cl2.CH3ClO2S.H2/c1-6(12-14(3,8)9)5-7(2)13-15(4,10)11;1-4(6)3-5(2)7;1-2-4-5-3;2-1-3;1-5(2,3)4;/h6-7H,5H2,1-4H3;4-7H,3H2,1-2H3;2H2,1H3;1H2;1H3;1H/t6-,7-;4-,5-;;;;/m00..../s1/i;;;;;1+1. The van der Waals surface area contributed by atoms with Crippen molar-refractivity contribution in [1.29, 1.82) is 0 Å². The van der Waals surface area contributed by atoms with Crippen molar-refractivity contribution in [3.8, 4) is 0 Å². The van der Waals surface area contributed by atoms with Crippen molar-refractivity contribution in [1.82, 2.24) is 0 Å². The summed E-state index contributed by atoms with van der Waals surface area (Å²) in [5.74, 6) is 0. The summed E-state index contributed by atoms with van der Waals surface area (Å²) in [7, 11) is -5.73. The van der Waals surface area contributed by atoms with Crippen molar-refractivity contribution in [2.75, 3.05) is 30.7 Å². The molecule has 0 saturated carbocycles. The smallest absolute Gasteiger partial charge is 0.264 e. The highest BCUT2D eigenvalue weighted by Crippen LogP contribution is 2.09. The Labute approximate surface area is 225 Å². The lowest BCUT2D eigenvalue weighted by atomic mass is 10.2. The van der Waals surface area contributed by atoms with Crippen LogP contribution >= 0.6 is 33.9 Å². The van der Waals surface area contributed by atoms with Gasteiger partial charge in [-0.15, -0.1) is 23.2 Å². The second-order valence-corrected chi connectivity index (χ2v) is 13.8. The van der Waals surface area contributed by atoms with E-state index in [0.29, 0.717) is 13.0 Å². The summed E-state index contributed by atoms with van der Waals surface area (Å²) in [5, 5.41) is 20.5. The number of nitrogens with zero attached hydrogens (tertiary/aromatic N) is 3. The maximum atomic E-state index is 10.7. The Morgan fingerprint density at radius 3 is 1.20 bits per heavy atom. The largest absolute Gasteiger partial charge is 0.393 e. The number of rotatable bonds is 9. The molecule has 19 heteroatoms. The maximum Gasteiger partial charge on any atom is 0.264 e. The minimum absolute atomic E-state index is 0. The van der Waals surface area contributed by atoms with Gasteiger partial charge in [-0.2, -0.15) is 16.8 Å². The summed E-state index contributed by atoms with van der Waals surface area (Å²) in [6.07, 6.45) is 1.47. The Kier molecular flexibility index (Phi) is 32.7. The SMILES string of the molecule is CCN=[N+]=[N-].CS(=O)(=O)Cl.C[C@@H](C[C@H](C)OS(C)(=O)=O)OS(C)(=O)=O.C[C@H](O)C[C@H](C)O.ClCCl.[2HH].